The van der Waals surface area contributed by atoms with Gasteiger partial charge in [-0.15, -0.1) is 0 Å². The summed E-state index contributed by atoms with van der Waals surface area (Å²) in [6.07, 6.45) is 2.25. The van der Waals surface area contributed by atoms with Crippen molar-refractivity contribution in [2.75, 3.05) is 13.2 Å². The zero-order valence-corrected chi connectivity index (χ0v) is 8.10. The molecule has 1 saturated heterocycles. The van der Waals surface area contributed by atoms with E-state index in [-0.39, 0.29) is 30.5 Å². The minimum absolute atomic E-state index is 0.0165. The summed E-state index contributed by atoms with van der Waals surface area (Å²) in [6.45, 7) is 2.41. The molecule has 2 heterocycles. The molecule has 1 N–H and O–H groups in total. The highest BCUT2D eigenvalue weighted by molar-refractivity contribution is 5.89. The van der Waals surface area contributed by atoms with E-state index in [4.69, 9.17) is 9.47 Å². The Morgan fingerprint density at radius 3 is 3.14 bits per heavy atom. The molecule has 78 valence electrons. The fraction of sp³-hybridized carbons (Fsp3) is 0.700. The van der Waals surface area contributed by atoms with E-state index in [0.29, 0.717) is 12.2 Å². The van der Waals surface area contributed by atoms with Gasteiger partial charge in [0, 0.05) is 11.8 Å². The Labute approximate surface area is 82.5 Å². The van der Waals surface area contributed by atoms with E-state index < -0.39 is 0 Å². The molecule has 0 spiro atoms. The number of hydrogen-bond donors (Lipinski definition) is 1. The molecule has 1 unspecified atom stereocenters. The first kappa shape index (κ1) is 9.52. The number of esters is 1. The number of aliphatic hydroxyl groups is 1. The highest BCUT2D eigenvalue weighted by Gasteiger charge is 2.39. The standard InChI is InChI=1S/C10H14O4/c1-6-8(4-11)7-2-3-13-10(12)9(7)5-14-6/h5-8,11H,2-4H2,1H3/t6-,7?,8+/m0/s1. The Balaban J connectivity index is 2.25. The Morgan fingerprint density at radius 1 is 1.64 bits per heavy atom. The van der Waals surface area contributed by atoms with Gasteiger partial charge in [0.05, 0.1) is 25.0 Å². The Morgan fingerprint density at radius 2 is 2.43 bits per heavy atom. The van der Waals surface area contributed by atoms with E-state index in [9.17, 15) is 9.90 Å². The lowest BCUT2D eigenvalue weighted by atomic mass is 9.79. The second kappa shape index (κ2) is 3.61. The van der Waals surface area contributed by atoms with E-state index in [1.807, 2.05) is 6.92 Å². The van der Waals surface area contributed by atoms with Crippen LogP contribution in [0.5, 0.6) is 0 Å². The van der Waals surface area contributed by atoms with Crippen LogP contribution in [-0.4, -0.2) is 30.4 Å². The molecule has 0 bridgehead atoms. The fourth-order valence-corrected chi connectivity index (χ4v) is 2.13. The summed E-state index contributed by atoms with van der Waals surface area (Å²) in [6, 6.07) is 0. The maximum Gasteiger partial charge on any atom is 0.337 e. The average Bonchev–Trinajstić information content (AvgIpc) is 2.18. The number of aliphatic hydroxyl groups excluding tert-OH is 1. The van der Waals surface area contributed by atoms with Crippen LogP contribution in [0.4, 0.5) is 0 Å². The van der Waals surface area contributed by atoms with Crippen molar-refractivity contribution in [1.82, 2.24) is 0 Å². The quantitative estimate of drug-likeness (QED) is 0.622. The van der Waals surface area contributed by atoms with Crippen LogP contribution in [0.3, 0.4) is 0 Å². The maximum atomic E-state index is 11.3. The lowest BCUT2D eigenvalue weighted by Gasteiger charge is -2.37. The molecular formula is C10H14O4. The zero-order chi connectivity index (χ0) is 10.1. The van der Waals surface area contributed by atoms with Gasteiger partial charge < -0.3 is 14.6 Å². The number of carbonyl (C=O) groups is 1. The number of carbonyl (C=O) groups excluding carboxylic acids is 1. The van der Waals surface area contributed by atoms with E-state index in [1.165, 1.54) is 6.26 Å². The number of rotatable bonds is 1. The molecule has 2 aliphatic rings. The lowest BCUT2D eigenvalue weighted by Crippen LogP contribution is -2.40. The third-order valence-corrected chi connectivity index (χ3v) is 3.04. The smallest absolute Gasteiger partial charge is 0.337 e. The van der Waals surface area contributed by atoms with Gasteiger partial charge in [0.2, 0.25) is 0 Å². The van der Waals surface area contributed by atoms with Gasteiger partial charge in [-0.3, -0.25) is 0 Å². The minimum atomic E-state index is -0.299. The van der Waals surface area contributed by atoms with Crippen molar-refractivity contribution >= 4 is 5.97 Å². The van der Waals surface area contributed by atoms with Crippen LogP contribution >= 0.6 is 0 Å². The number of fused-ring (bicyclic) bond motifs is 1. The summed E-state index contributed by atoms with van der Waals surface area (Å²) >= 11 is 0. The highest BCUT2D eigenvalue weighted by Crippen LogP contribution is 2.35. The first-order valence-electron chi connectivity index (χ1n) is 4.87. The third-order valence-electron chi connectivity index (χ3n) is 3.04. The molecule has 4 heteroatoms. The minimum Gasteiger partial charge on any atom is -0.497 e. The molecule has 0 saturated carbocycles. The fourth-order valence-electron chi connectivity index (χ4n) is 2.13. The predicted molar refractivity (Wildman–Crippen MR) is 48.3 cm³/mol. The summed E-state index contributed by atoms with van der Waals surface area (Å²) in [5.74, 6) is -0.181. The summed E-state index contributed by atoms with van der Waals surface area (Å²) in [7, 11) is 0. The van der Waals surface area contributed by atoms with Crippen molar-refractivity contribution < 1.29 is 19.4 Å². The molecule has 2 aliphatic heterocycles. The number of hydrogen-bond acceptors (Lipinski definition) is 4. The summed E-state index contributed by atoms with van der Waals surface area (Å²) < 4.78 is 10.2. The Bertz CT molecular complexity index is 271. The summed E-state index contributed by atoms with van der Waals surface area (Å²) in [5.41, 5.74) is 0.577. The van der Waals surface area contributed by atoms with Gasteiger partial charge in [-0.2, -0.15) is 0 Å². The van der Waals surface area contributed by atoms with Crippen molar-refractivity contribution in [2.45, 2.75) is 19.4 Å². The van der Waals surface area contributed by atoms with Gasteiger partial charge in [-0.05, 0) is 13.3 Å². The zero-order valence-electron chi connectivity index (χ0n) is 8.10. The van der Waals surface area contributed by atoms with Gasteiger partial charge in [-0.1, -0.05) is 0 Å². The van der Waals surface area contributed by atoms with Crippen molar-refractivity contribution in [1.29, 1.82) is 0 Å². The highest BCUT2D eigenvalue weighted by atomic mass is 16.5. The third kappa shape index (κ3) is 1.39. The van der Waals surface area contributed by atoms with Crippen molar-refractivity contribution in [3.05, 3.63) is 11.8 Å². The largest absolute Gasteiger partial charge is 0.497 e. The van der Waals surface area contributed by atoms with Crippen molar-refractivity contribution in [3.8, 4) is 0 Å². The second-order valence-electron chi connectivity index (χ2n) is 3.79. The molecule has 14 heavy (non-hydrogen) atoms. The second-order valence-corrected chi connectivity index (χ2v) is 3.79. The molecule has 0 aromatic heterocycles. The van der Waals surface area contributed by atoms with Gasteiger partial charge in [0.1, 0.15) is 6.10 Å². The van der Waals surface area contributed by atoms with Crippen LogP contribution in [0.15, 0.2) is 11.8 Å². The normalized spacial score (nSPS) is 36.6. The van der Waals surface area contributed by atoms with E-state index >= 15 is 0 Å². The Kier molecular flexibility index (Phi) is 2.46. The van der Waals surface area contributed by atoms with Gasteiger partial charge in [-0.25, -0.2) is 4.79 Å². The van der Waals surface area contributed by atoms with E-state index in [0.717, 1.165) is 6.42 Å². The monoisotopic (exact) mass is 198 g/mol. The van der Waals surface area contributed by atoms with Crippen LogP contribution in [-0.2, 0) is 14.3 Å². The van der Waals surface area contributed by atoms with E-state index in [2.05, 4.69) is 0 Å². The Hall–Kier alpha value is -1.03. The maximum absolute atomic E-state index is 11.3. The SMILES string of the molecule is C[C@@H]1OC=C2C(=O)OCCC2[C@@H]1CO. The molecule has 1 fully saturated rings. The van der Waals surface area contributed by atoms with E-state index in [1.54, 1.807) is 0 Å². The molecule has 0 amide bonds. The first-order chi connectivity index (χ1) is 6.74. The van der Waals surface area contributed by atoms with Crippen LogP contribution in [0.1, 0.15) is 13.3 Å². The van der Waals surface area contributed by atoms with Gasteiger partial charge in [0.25, 0.3) is 0 Å². The molecular weight excluding hydrogens is 184 g/mol. The molecule has 0 aromatic carbocycles. The molecule has 0 aromatic rings. The molecule has 4 nitrogen and oxygen atoms in total. The first-order valence-corrected chi connectivity index (χ1v) is 4.87. The predicted octanol–water partition coefficient (Wildman–Crippen LogP) is 0.461. The van der Waals surface area contributed by atoms with Crippen LogP contribution < -0.4 is 0 Å². The van der Waals surface area contributed by atoms with Crippen molar-refractivity contribution in [3.63, 3.8) is 0 Å². The molecule has 2 rings (SSSR count). The summed E-state index contributed by atoms with van der Waals surface area (Å²) in [5, 5.41) is 9.23. The van der Waals surface area contributed by atoms with Crippen molar-refractivity contribution in [2.24, 2.45) is 11.8 Å². The van der Waals surface area contributed by atoms with Gasteiger partial charge >= 0.3 is 5.97 Å². The lowest BCUT2D eigenvalue weighted by molar-refractivity contribution is -0.145. The summed E-state index contributed by atoms with van der Waals surface area (Å²) in [4.78, 5) is 11.3. The molecule has 0 radical (unpaired) electrons. The average molecular weight is 198 g/mol. The van der Waals surface area contributed by atoms with Crippen LogP contribution in [0.25, 0.3) is 0 Å². The van der Waals surface area contributed by atoms with Gasteiger partial charge in [0.15, 0.2) is 0 Å². The topological polar surface area (TPSA) is 55.8 Å². The van der Waals surface area contributed by atoms with Crippen LogP contribution in [0, 0.1) is 11.8 Å². The number of cyclic esters (lactones) is 1. The van der Waals surface area contributed by atoms with Crippen LogP contribution in [0.2, 0.25) is 0 Å². The molecule has 0 aliphatic carbocycles. The molecule has 3 atom stereocenters. The number of ether oxygens (including phenoxy) is 2.